The Kier molecular flexibility index (Phi) is 4.78. The van der Waals surface area contributed by atoms with Crippen molar-refractivity contribution in [1.29, 1.82) is 0 Å². The molecule has 1 aromatic rings. The van der Waals surface area contributed by atoms with E-state index in [1.165, 1.54) is 62.9 Å². The number of hydrogen-bond acceptors (Lipinski definition) is 2. The largest absolute Gasteiger partial charge is 0.347 e. The van der Waals surface area contributed by atoms with Crippen molar-refractivity contribution >= 4 is 12.2 Å². The summed E-state index contributed by atoms with van der Waals surface area (Å²) in [6, 6.07) is 2.11. The summed E-state index contributed by atoms with van der Waals surface area (Å²) in [5.41, 5.74) is 1.36. The molecule has 3 heteroatoms. The Morgan fingerprint density at radius 1 is 1.05 bits per heavy atom. The molecule has 116 valence electrons. The molecule has 0 aliphatic heterocycles. The second-order valence-corrected chi connectivity index (χ2v) is 7.82. The summed E-state index contributed by atoms with van der Waals surface area (Å²) < 4.78 is 0.789. The summed E-state index contributed by atoms with van der Waals surface area (Å²) in [5, 5.41) is 0. The normalized spacial score (nSPS) is 27.4. The molecule has 0 saturated heterocycles. The average molecular weight is 305 g/mol. The molecule has 0 bridgehead atoms. The van der Waals surface area contributed by atoms with Gasteiger partial charge in [0.2, 0.25) is 0 Å². The predicted molar refractivity (Wildman–Crippen MR) is 90.2 cm³/mol. The van der Waals surface area contributed by atoms with E-state index in [4.69, 9.17) is 12.2 Å². The van der Waals surface area contributed by atoms with Gasteiger partial charge in [0.05, 0.1) is 0 Å². The van der Waals surface area contributed by atoms with E-state index in [9.17, 15) is 0 Å². The number of hydrogen-bond donors (Lipinski definition) is 1. The van der Waals surface area contributed by atoms with Crippen LogP contribution in [0.15, 0.2) is 6.07 Å². The molecular weight excluding hydrogens is 276 g/mol. The first-order chi connectivity index (χ1) is 10.1. The summed E-state index contributed by atoms with van der Waals surface area (Å²) in [7, 11) is 0. The van der Waals surface area contributed by atoms with Gasteiger partial charge in [-0.2, -0.15) is 0 Å². The van der Waals surface area contributed by atoms with Crippen molar-refractivity contribution < 1.29 is 0 Å². The molecule has 2 nitrogen and oxygen atoms in total. The highest BCUT2D eigenvalue weighted by Gasteiger charge is 2.26. The molecule has 2 aliphatic carbocycles. The fourth-order valence-corrected chi connectivity index (χ4v) is 4.43. The van der Waals surface area contributed by atoms with Crippen LogP contribution in [-0.2, 0) is 0 Å². The average Bonchev–Trinajstić information content (AvgIpc) is 3.01. The maximum Gasteiger partial charge on any atom is 0.130 e. The topological polar surface area (TPSA) is 28.7 Å². The molecule has 0 amide bonds. The SMILES string of the molecule is CC(C)C1CCC(c2nc(=S)cc(C3CCCC3)[nH]2)CC1. The number of nitrogens with one attached hydrogen (secondary N) is 1. The zero-order valence-corrected chi connectivity index (χ0v) is 14.2. The maximum atomic E-state index is 5.43. The fourth-order valence-electron chi connectivity index (χ4n) is 4.21. The molecule has 1 N–H and O–H groups in total. The van der Waals surface area contributed by atoms with Crippen LogP contribution in [0.2, 0.25) is 0 Å². The van der Waals surface area contributed by atoms with Crippen LogP contribution >= 0.6 is 12.2 Å². The van der Waals surface area contributed by atoms with Gasteiger partial charge in [0.15, 0.2) is 0 Å². The first-order valence-electron chi connectivity index (χ1n) is 8.74. The van der Waals surface area contributed by atoms with Crippen molar-refractivity contribution in [2.45, 2.75) is 77.0 Å². The molecule has 0 spiro atoms. The van der Waals surface area contributed by atoms with Crippen LogP contribution in [0.3, 0.4) is 0 Å². The van der Waals surface area contributed by atoms with Crippen LogP contribution in [0.25, 0.3) is 0 Å². The summed E-state index contributed by atoms with van der Waals surface area (Å²) in [5.74, 6) is 4.19. The summed E-state index contributed by atoms with van der Waals surface area (Å²) in [4.78, 5) is 8.32. The van der Waals surface area contributed by atoms with Gasteiger partial charge in [0.25, 0.3) is 0 Å². The van der Waals surface area contributed by atoms with E-state index in [1.54, 1.807) is 0 Å². The van der Waals surface area contributed by atoms with Gasteiger partial charge in [-0.05, 0) is 62.3 Å². The smallest absolute Gasteiger partial charge is 0.130 e. The Balaban J connectivity index is 1.75. The number of H-pyrrole nitrogens is 1. The van der Waals surface area contributed by atoms with Crippen LogP contribution in [0.4, 0.5) is 0 Å². The Labute approximate surface area is 133 Å². The zero-order valence-electron chi connectivity index (χ0n) is 13.4. The molecule has 3 rings (SSSR count). The van der Waals surface area contributed by atoms with E-state index in [0.29, 0.717) is 11.8 Å². The monoisotopic (exact) mass is 304 g/mol. The number of rotatable bonds is 3. The van der Waals surface area contributed by atoms with Crippen molar-refractivity contribution in [3.63, 3.8) is 0 Å². The molecule has 1 aromatic heterocycles. The van der Waals surface area contributed by atoms with Gasteiger partial charge in [-0.25, -0.2) is 4.98 Å². The van der Waals surface area contributed by atoms with Gasteiger partial charge < -0.3 is 4.98 Å². The fraction of sp³-hybridized carbons (Fsp3) is 0.778. The summed E-state index contributed by atoms with van der Waals surface area (Å²) in [6.07, 6.45) is 10.6. The lowest BCUT2D eigenvalue weighted by Gasteiger charge is -2.30. The van der Waals surface area contributed by atoms with E-state index >= 15 is 0 Å². The van der Waals surface area contributed by atoms with Crippen molar-refractivity contribution in [3.05, 3.63) is 22.2 Å². The molecule has 0 atom stereocenters. The highest BCUT2D eigenvalue weighted by atomic mass is 32.1. The molecular formula is C18H28N2S. The Morgan fingerprint density at radius 3 is 2.33 bits per heavy atom. The van der Waals surface area contributed by atoms with Crippen molar-refractivity contribution in [3.8, 4) is 0 Å². The summed E-state index contributed by atoms with van der Waals surface area (Å²) >= 11 is 5.43. The minimum absolute atomic E-state index is 0.600. The van der Waals surface area contributed by atoms with Crippen molar-refractivity contribution in [1.82, 2.24) is 9.97 Å². The number of aromatic nitrogens is 2. The van der Waals surface area contributed by atoms with Crippen LogP contribution in [-0.4, -0.2) is 9.97 Å². The van der Waals surface area contributed by atoms with E-state index < -0.39 is 0 Å². The minimum Gasteiger partial charge on any atom is -0.347 e. The number of aromatic amines is 1. The second-order valence-electron chi connectivity index (χ2n) is 7.40. The third-order valence-electron chi connectivity index (χ3n) is 5.68. The predicted octanol–water partition coefficient (Wildman–Crippen LogP) is 5.73. The van der Waals surface area contributed by atoms with Gasteiger partial charge in [-0.15, -0.1) is 0 Å². The van der Waals surface area contributed by atoms with Crippen molar-refractivity contribution in [2.75, 3.05) is 0 Å². The van der Waals surface area contributed by atoms with Gasteiger partial charge in [-0.3, -0.25) is 0 Å². The Hall–Kier alpha value is -0.700. The van der Waals surface area contributed by atoms with Gasteiger partial charge in [0, 0.05) is 11.6 Å². The van der Waals surface area contributed by atoms with Crippen molar-refractivity contribution in [2.24, 2.45) is 11.8 Å². The molecule has 0 radical (unpaired) electrons. The second kappa shape index (κ2) is 6.60. The zero-order chi connectivity index (χ0) is 14.8. The molecule has 0 aromatic carbocycles. The lowest BCUT2D eigenvalue weighted by molar-refractivity contribution is 0.254. The molecule has 2 aliphatic rings. The highest BCUT2D eigenvalue weighted by Crippen LogP contribution is 2.38. The lowest BCUT2D eigenvalue weighted by Crippen LogP contribution is -2.19. The quantitative estimate of drug-likeness (QED) is 0.723. The third-order valence-corrected chi connectivity index (χ3v) is 5.89. The molecule has 21 heavy (non-hydrogen) atoms. The van der Waals surface area contributed by atoms with E-state index in [0.717, 1.165) is 16.5 Å². The Morgan fingerprint density at radius 2 is 1.71 bits per heavy atom. The number of nitrogens with zero attached hydrogens (tertiary/aromatic N) is 1. The highest BCUT2D eigenvalue weighted by molar-refractivity contribution is 7.71. The molecule has 0 unspecified atom stereocenters. The van der Waals surface area contributed by atoms with Gasteiger partial charge in [0.1, 0.15) is 10.5 Å². The lowest BCUT2D eigenvalue weighted by atomic mass is 9.76. The molecule has 2 saturated carbocycles. The third kappa shape index (κ3) is 3.56. The van der Waals surface area contributed by atoms with E-state index in [2.05, 4.69) is 29.9 Å². The van der Waals surface area contributed by atoms with Crippen LogP contribution < -0.4 is 0 Å². The van der Waals surface area contributed by atoms with Gasteiger partial charge >= 0.3 is 0 Å². The minimum atomic E-state index is 0.600. The van der Waals surface area contributed by atoms with E-state index in [-0.39, 0.29) is 0 Å². The van der Waals surface area contributed by atoms with E-state index in [1.807, 2.05) is 0 Å². The van der Waals surface area contributed by atoms with Gasteiger partial charge in [-0.1, -0.05) is 38.9 Å². The Bertz CT molecular complexity index is 520. The first kappa shape index (κ1) is 15.2. The molecule has 2 fully saturated rings. The van der Waals surface area contributed by atoms with Crippen LogP contribution in [0.1, 0.15) is 88.6 Å². The first-order valence-corrected chi connectivity index (χ1v) is 9.15. The standard InChI is InChI=1S/C18H28N2S/c1-12(2)13-7-9-15(10-8-13)18-19-16(11-17(21)20-18)14-5-3-4-6-14/h11-15H,3-10H2,1-2H3,(H,19,20,21). The maximum absolute atomic E-state index is 5.43. The van der Waals surface area contributed by atoms with Crippen LogP contribution in [0, 0.1) is 16.5 Å². The molecule has 1 heterocycles. The van der Waals surface area contributed by atoms with Crippen LogP contribution in [0.5, 0.6) is 0 Å². The summed E-state index contributed by atoms with van der Waals surface area (Å²) in [6.45, 7) is 4.72.